The lowest BCUT2D eigenvalue weighted by atomic mass is 9.97. The van der Waals surface area contributed by atoms with Crippen molar-refractivity contribution in [1.29, 1.82) is 0 Å². The number of carbonyl (C=O) groups excluding carboxylic acids is 2. The maximum Gasteiger partial charge on any atom is 0.417 e. The van der Waals surface area contributed by atoms with Crippen molar-refractivity contribution in [2.75, 3.05) is 10.6 Å². The Hall–Kier alpha value is -9.32. The summed E-state index contributed by atoms with van der Waals surface area (Å²) in [7, 11) is 0. The first-order valence-electron chi connectivity index (χ1n) is 21.5. The Morgan fingerprint density at radius 2 is 1.10 bits per heavy atom. The van der Waals surface area contributed by atoms with E-state index in [2.05, 4.69) is 30.6 Å². The second kappa shape index (κ2) is 19.0. The van der Waals surface area contributed by atoms with Crippen LogP contribution in [0.1, 0.15) is 37.4 Å². The van der Waals surface area contributed by atoms with Gasteiger partial charge in [-0.1, -0.05) is 66.2 Å². The predicted molar refractivity (Wildman–Crippen MR) is 257 cm³/mol. The van der Waals surface area contributed by atoms with E-state index in [9.17, 15) is 45.5 Å². The van der Waals surface area contributed by atoms with Gasteiger partial charge in [-0.05, 0) is 115 Å². The van der Waals surface area contributed by atoms with Crippen LogP contribution in [0, 0.1) is 31.3 Å². The smallest absolute Gasteiger partial charge is 0.322 e. The van der Waals surface area contributed by atoms with Crippen molar-refractivity contribution in [3.05, 3.63) is 224 Å². The quantitative estimate of drug-likeness (QED) is 0.111. The summed E-state index contributed by atoms with van der Waals surface area (Å²) in [6, 6.07) is 36.0. The fraction of sp³-hybridized carbons (Fsp3) is 0.0566. The van der Waals surface area contributed by atoms with Crippen molar-refractivity contribution in [3.63, 3.8) is 0 Å². The molecule has 0 unspecified atom stereocenters. The van der Waals surface area contributed by atoms with Gasteiger partial charge < -0.3 is 20.6 Å². The van der Waals surface area contributed by atoms with Crippen LogP contribution >= 0.6 is 0 Å². The van der Waals surface area contributed by atoms with Crippen molar-refractivity contribution >= 4 is 45.3 Å². The molecule has 0 radical (unpaired) electrons. The van der Waals surface area contributed by atoms with Crippen LogP contribution in [0.4, 0.5) is 37.7 Å². The normalized spacial score (nSPS) is 11.3. The summed E-state index contributed by atoms with van der Waals surface area (Å²) >= 11 is 0. The summed E-state index contributed by atoms with van der Waals surface area (Å²) in [5.41, 5.74) is 3.52. The number of hydrogen-bond donors (Lipinski definition) is 4. The standard InChI is InChI=1S/C27H18F3N3O2.C26H18F3N5O2/c1-15-8-9-16(14-20(15)26(34)31-18-12-10-17(28)11-13-18)19-4-2-7-23-25(19)32-27(35)33(23)22-6-3-5-21(29)24(22)30;1-15-6-9-17(10-7-15)32-23(35)19-14-16(8-11-20(19)26(27,28)29)18-4-2-5-21-22(18)33-25(36)34(21)24-30-12-3-13-31-24/h2-14H,1H3,(H,31,34)(H,32,35);2-14H,1H3,(H,32,35)(H,33,36). The Labute approximate surface area is 397 Å². The lowest BCUT2D eigenvalue weighted by molar-refractivity contribution is -0.137. The molecule has 0 aliphatic rings. The van der Waals surface area contributed by atoms with E-state index in [-0.39, 0.29) is 17.5 Å². The van der Waals surface area contributed by atoms with Crippen molar-refractivity contribution in [2.24, 2.45) is 0 Å². The number of fused-ring (bicyclic) bond motifs is 2. The molecule has 0 atom stereocenters. The Bertz CT molecular complexity index is 3790. The average molecular weight is 963 g/mol. The Morgan fingerprint density at radius 3 is 1.70 bits per heavy atom. The van der Waals surface area contributed by atoms with Gasteiger partial charge in [-0.2, -0.15) is 13.2 Å². The molecule has 2 amide bonds. The van der Waals surface area contributed by atoms with Gasteiger partial charge in [0.25, 0.3) is 11.8 Å². The number of para-hydroxylation sites is 2. The van der Waals surface area contributed by atoms with Gasteiger partial charge in [0, 0.05) is 40.5 Å². The Morgan fingerprint density at radius 1 is 0.577 bits per heavy atom. The molecule has 0 bridgehead atoms. The molecule has 10 aromatic rings. The van der Waals surface area contributed by atoms with E-state index >= 15 is 0 Å². The molecule has 0 aliphatic heterocycles. The fourth-order valence-corrected chi connectivity index (χ4v) is 8.00. The zero-order valence-electron chi connectivity index (χ0n) is 37.2. The first-order chi connectivity index (χ1) is 34.0. The molecule has 0 saturated carbocycles. The van der Waals surface area contributed by atoms with Gasteiger partial charge in [0.2, 0.25) is 5.95 Å². The number of hydrogen-bond acceptors (Lipinski definition) is 6. The van der Waals surface area contributed by atoms with Crippen LogP contribution in [0.3, 0.4) is 0 Å². The first-order valence-corrected chi connectivity index (χ1v) is 21.5. The number of nitrogens with one attached hydrogen (secondary N) is 4. The highest BCUT2D eigenvalue weighted by molar-refractivity contribution is 6.08. The van der Waals surface area contributed by atoms with Crippen LogP contribution in [-0.4, -0.2) is 40.9 Å². The molecule has 0 spiro atoms. The van der Waals surface area contributed by atoms with Crippen LogP contribution < -0.4 is 22.0 Å². The molecule has 0 saturated heterocycles. The number of rotatable bonds is 8. The number of carbonyl (C=O) groups is 2. The number of aromatic nitrogens is 6. The van der Waals surface area contributed by atoms with E-state index in [0.717, 1.165) is 22.3 Å². The maximum absolute atomic E-state index is 14.5. The molecule has 4 N–H and O–H groups in total. The fourth-order valence-electron chi connectivity index (χ4n) is 8.00. The van der Waals surface area contributed by atoms with Gasteiger partial charge in [-0.25, -0.2) is 37.3 Å². The average Bonchev–Trinajstić information content (AvgIpc) is 3.89. The van der Waals surface area contributed by atoms with Crippen molar-refractivity contribution in [1.82, 2.24) is 29.1 Å². The number of imidazole rings is 2. The van der Waals surface area contributed by atoms with Gasteiger partial charge in [-0.3, -0.25) is 14.2 Å². The van der Waals surface area contributed by atoms with Gasteiger partial charge in [0.15, 0.2) is 11.6 Å². The van der Waals surface area contributed by atoms with Crippen LogP contribution in [0.5, 0.6) is 0 Å². The molecule has 71 heavy (non-hydrogen) atoms. The first kappa shape index (κ1) is 46.8. The van der Waals surface area contributed by atoms with Gasteiger partial charge in [0.1, 0.15) is 5.82 Å². The minimum absolute atomic E-state index is 0.150. The molecular weight excluding hydrogens is 927 g/mol. The maximum atomic E-state index is 14.5. The molecule has 0 fully saturated rings. The number of anilines is 2. The summed E-state index contributed by atoms with van der Waals surface area (Å²) in [5.74, 6) is -3.73. The highest BCUT2D eigenvalue weighted by atomic mass is 19.4. The molecule has 7 aromatic carbocycles. The van der Waals surface area contributed by atoms with Crippen LogP contribution in [0.25, 0.3) is 56.0 Å². The second-order valence-electron chi connectivity index (χ2n) is 16.1. The molecule has 18 heteroatoms. The van der Waals surface area contributed by atoms with E-state index in [0.29, 0.717) is 66.8 Å². The number of halogens is 6. The zero-order valence-corrected chi connectivity index (χ0v) is 37.2. The largest absolute Gasteiger partial charge is 0.417 e. The van der Waals surface area contributed by atoms with E-state index in [4.69, 9.17) is 0 Å². The SMILES string of the molecule is Cc1ccc(-c2cccc3c2[nH]c(=O)n3-c2cccc(F)c2F)cc1C(=O)Nc1ccc(F)cc1.Cc1ccc(NC(=O)c2cc(-c3cccc4c3[nH]c(=O)n4-c3ncccn3)ccc2C(F)(F)F)cc1. The van der Waals surface area contributed by atoms with Gasteiger partial charge in [-0.15, -0.1) is 0 Å². The third kappa shape index (κ3) is 9.45. The van der Waals surface area contributed by atoms with Crippen LogP contribution in [0.15, 0.2) is 168 Å². The highest BCUT2D eigenvalue weighted by Gasteiger charge is 2.35. The summed E-state index contributed by atoms with van der Waals surface area (Å²) in [5, 5.41) is 5.27. The van der Waals surface area contributed by atoms with Crippen LogP contribution in [-0.2, 0) is 6.18 Å². The number of H-pyrrole nitrogens is 2. The molecule has 3 heterocycles. The van der Waals surface area contributed by atoms with Gasteiger partial charge >= 0.3 is 17.6 Å². The molecule has 354 valence electrons. The van der Waals surface area contributed by atoms with E-state index < -0.39 is 52.0 Å². The Balaban J connectivity index is 0.000000176. The van der Waals surface area contributed by atoms with Crippen LogP contribution in [0.2, 0.25) is 0 Å². The Kier molecular flexibility index (Phi) is 12.5. The number of alkyl halides is 3. The monoisotopic (exact) mass is 962 g/mol. The number of aromatic amines is 2. The summed E-state index contributed by atoms with van der Waals surface area (Å²) in [6.45, 7) is 3.65. The lowest BCUT2D eigenvalue weighted by Crippen LogP contribution is -2.19. The molecule has 10 rings (SSSR count). The van der Waals surface area contributed by atoms with E-state index in [1.165, 1.54) is 65.5 Å². The molecular formula is C53H36F6N8O4. The minimum Gasteiger partial charge on any atom is -0.322 e. The van der Waals surface area contributed by atoms with Gasteiger partial charge in [0.05, 0.1) is 38.9 Å². The lowest BCUT2D eigenvalue weighted by Gasteiger charge is -2.15. The van der Waals surface area contributed by atoms with Crippen molar-refractivity contribution in [2.45, 2.75) is 20.0 Å². The highest BCUT2D eigenvalue weighted by Crippen LogP contribution is 2.37. The zero-order chi connectivity index (χ0) is 50.1. The number of nitrogens with zero attached hydrogens (tertiary/aromatic N) is 4. The van der Waals surface area contributed by atoms with Crippen molar-refractivity contribution in [3.8, 4) is 33.9 Å². The topological polar surface area (TPSA) is 160 Å². The summed E-state index contributed by atoms with van der Waals surface area (Å²) in [6.07, 6.45) is -1.76. The molecule has 12 nitrogen and oxygen atoms in total. The molecule has 0 aliphatic carbocycles. The third-order valence-electron chi connectivity index (χ3n) is 11.4. The third-order valence-corrected chi connectivity index (χ3v) is 11.4. The minimum atomic E-state index is -4.74. The summed E-state index contributed by atoms with van der Waals surface area (Å²) in [4.78, 5) is 65.1. The van der Waals surface area contributed by atoms with E-state index in [1.807, 2.05) is 6.92 Å². The number of amides is 2. The number of benzene rings is 7. The summed E-state index contributed by atoms with van der Waals surface area (Å²) < 4.78 is 85.2. The van der Waals surface area contributed by atoms with Crippen molar-refractivity contribution < 1.29 is 35.9 Å². The molecule has 3 aromatic heterocycles. The number of aryl methyl sites for hydroxylation is 2. The predicted octanol–water partition coefficient (Wildman–Crippen LogP) is 11.3. The second-order valence-corrected chi connectivity index (χ2v) is 16.1. The van der Waals surface area contributed by atoms with E-state index in [1.54, 1.807) is 91.9 Å².